The fourth-order valence-corrected chi connectivity index (χ4v) is 5.25. The monoisotopic (exact) mass is 496 g/mol. The molecule has 0 radical (unpaired) electrons. The van der Waals surface area contributed by atoms with Crippen LogP contribution in [0.5, 0.6) is 0 Å². The molecule has 32 heavy (non-hydrogen) atoms. The molecule has 2 aromatic carbocycles. The summed E-state index contributed by atoms with van der Waals surface area (Å²) in [6, 6.07) is 12.4. The number of rotatable bonds is 5. The fraction of sp³-hybridized carbons (Fsp3) is 0.292. The van der Waals surface area contributed by atoms with Crippen LogP contribution in [0.1, 0.15) is 35.0 Å². The zero-order chi connectivity index (χ0) is 22.6. The standard InChI is InChI=1S/C24H21BrN2O5/c1-3-10-26-17-7-5-4-6-16(17)24(23(26)30)19-20(28)15-13-14(25)8-9-18(15)32-21(19)22(29)27(24)11-12-31-2/h4-9,13H,3,10-12H2,1-2H3. The van der Waals surface area contributed by atoms with Crippen molar-refractivity contribution in [2.24, 2.45) is 0 Å². The van der Waals surface area contributed by atoms with Gasteiger partial charge < -0.3 is 19.0 Å². The van der Waals surface area contributed by atoms with E-state index in [1.807, 2.05) is 31.2 Å². The minimum Gasteiger partial charge on any atom is -0.450 e. The number of nitrogens with zero attached hydrogens (tertiary/aromatic N) is 2. The number of carbonyl (C=O) groups is 2. The Morgan fingerprint density at radius 2 is 1.88 bits per heavy atom. The van der Waals surface area contributed by atoms with Crippen molar-refractivity contribution in [3.05, 3.63) is 74.0 Å². The molecule has 0 saturated heterocycles. The third kappa shape index (κ3) is 2.59. The van der Waals surface area contributed by atoms with Gasteiger partial charge in [-0.25, -0.2) is 0 Å². The SMILES string of the molecule is CCCN1C(=O)C2(c3ccccc31)c1c(oc3ccc(Br)cc3c1=O)C(=O)N2CCOC. The second-order valence-electron chi connectivity index (χ2n) is 7.91. The number of amides is 2. The average molecular weight is 497 g/mol. The Kier molecular flexibility index (Phi) is 4.94. The summed E-state index contributed by atoms with van der Waals surface area (Å²) in [4.78, 5) is 44.7. The van der Waals surface area contributed by atoms with Gasteiger partial charge in [0.25, 0.3) is 11.8 Å². The van der Waals surface area contributed by atoms with Crippen LogP contribution in [-0.4, -0.2) is 43.5 Å². The Labute approximate surface area is 192 Å². The van der Waals surface area contributed by atoms with Crippen molar-refractivity contribution >= 4 is 44.4 Å². The minimum atomic E-state index is -1.58. The van der Waals surface area contributed by atoms with Gasteiger partial charge in [-0.15, -0.1) is 0 Å². The summed E-state index contributed by atoms with van der Waals surface area (Å²) in [6.07, 6.45) is 0.730. The molecule has 0 saturated carbocycles. The van der Waals surface area contributed by atoms with Gasteiger partial charge in [-0.1, -0.05) is 41.1 Å². The van der Waals surface area contributed by atoms with Crippen LogP contribution in [0, 0.1) is 0 Å². The molecule has 0 N–H and O–H groups in total. The molecule has 7 nitrogen and oxygen atoms in total. The lowest BCUT2D eigenvalue weighted by Gasteiger charge is -2.34. The highest BCUT2D eigenvalue weighted by Crippen LogP contribution is 2.52. The number of carbonyl (C=O) groups excluding carboxylic acids is 2. The number of fused-ring (bicyclic) bond motifs is 5. The summed E-state index contributed by atoms with van der Waals surface area (Å²) in [5, 5.41) is 0.318. The number of hydrogen-bond donors (Lipinski definition) is 0. The average Bonchev–Trinajstić information content (AvgIpc) is 3.18. The number of hydrogen-bond acceptors (Lipinski definition) is 5. The predicted octanol–water partition coefficient (Wildman–Crippen LogP) is 3.66. The highest BCUT2D eigenvalue weighted by Gasteiger charge is 2.64. The second kappa shape index (κ2) is 7.56. The largest absolute Gasteiger partial charge is 0.450 e. The summed E-state index contributed by atoms with van der Waals surface area (Å²) >= 11 is 3.40. The molecule has 0 fully saturated rings. The first kappa shape index (κ1) is 20.9. The van der Waals surface area contributed by atoms with Gasteiger partial charge in [-0.05, 0) is 30.7 Å². The predicted molar refractivity (Wildman–Crippen MR) is 123 cm³/mol. The first-order chi connectivity index (χ1) is 15.5. The van der Waals surface area contributed by atoms with Crippen molar-refractivity contribution in [1.82, 2.24) is 4.90 Å². The van der Waals surface area contributed by atoms with E-state index in [9.17, 15) is 14.4 Å². The Morgan fingerprint density at radius 3 is 2.62 bits per heavy atom. The Bertz CT molecular complexity index is 1330. The normalized spacial score (nSPS) is 19.3. The molecule has 0 aliphatic carbocycles. The number of methoxy groups -OCH3 is 1. The molecule has 3 heterocycles. The number of ether oxygens (including phenoxy) is 1. The maximum absolute atomic E-state index is 14.1. The van der Waals surface area contributed by atoms with Gasteiger partial charge in [0.2, 0.25) is 5.76 Å². The zero-order valence-electron chi connectivity index (χ0n) is 17.7. The molecule has 2 amide bonds. The zero-order valence-corrected chi connectivity index (χ0v) is 19.3. The van der Waals surface area contributed by atoms with E-state index >= 15 is 0 Å². The van der Waals surface area contributed by atoms with Gasteiger partial charge in [0.05, 0.1) is 23.2 Å². The van der Waals surface area contributed by atoms with Crippen molar-refractivity contribution in [2.45, 2.75) is 18.9 Å². The number of para-hydroxylation sites is 1. The minimum absolute atomic E-state index is 0.0811. The molecule has 5 rings (SSSR count). The Balaban J connectivity index is 1.90. The van der Waals surface area contributed by atoms with Crippen LogP contribution in [0.3, 0.4) is 0 Å². The lowest BCUT2D eigenvalue weighted by atomic mass is 9.84. The van der Waals surface area contributed by atoms with Crippen molar-refractivity contribution in [1.29, 1.82) is 0 Å². The van der Waals surface area contributed by atoms with Crippen LogP contribution >= 0.6 is 15.9 Å². The van der Waals surface area contributed by atoms with Gasteiger partial charge in [-0.3, -0.25) is 14.4 Å². The number of benzene rings is 2. The molecule has 8 heteroatoms. The fourth-order valence-electron chi connectivity index (χ4n) is 4.89. The molecule has 2 aliphatic rings. The van der Waals surface area contributed by atoms with E-state index in [1.165, 1.54) is 12.0 Å². The highest BCUT2D eigenvalue weighted by molar-refractivity contribution is 9.10. The van der Waals surface area contributed by atoms with Crippen molar-refractivity contribution in [3.8, 4) is 0 Å². The topological polar surface area (TPSA) is 80.1 Å². The van der Waals surface area contributed by atoms with Crippen molar-refractivity contribution in [3.63, 3.8) is 0 Å². The first-order valence-electron chi connectivity index (χ1n) is 10.5. The van der Waals surface area contributed by atoms with Crippen LogP contribution in [0.4, 0.5) is 5.69 Å². The van der Waals surface area contributed by atoms with Crippen LogP contribution in [0.2, 0.25) is 0 Å². The molecule has 1 spiro atoms. The Hall–Kier alpha value is -2.97. The van der Waals surface area contributed by atoms with Crippen LogP contribution in [0.15, 0.2) is 56.1 Å². The van der Waals surface area contributed by atoms with Gasteiger partial charge in [0.15, 0.2) is 11.0 Å². The van der Waals surface area contributed by atoms with Gasteiger partial charge >= 0.3 is 0 Å². The maximum Gasteiger partial charge on any atom is 0.291 e. The van der Waals surface area contributed by atoms with E-state index < -0.39 is 11.4 Å². The summed E-state index contributed by atoms with van der Waals surface area (Å²) < 4.78 is 11.9. The van der Waals surface area contributed by atoms with E-state index in [1.54, 1.807) is 23.1 Å². The van der Waals surface area contributed by atoms with Gasteiger partial charge in [-0.2, -0.15) is 0 Å². The molecule has 2 aliphatic heterocycles. The third-order valence-electron chi connectivity index (χ3n) is 6.16. The lowest BCUT2D eigenvalue weighted by Crippen LogP contribution is -2.54. The quantitative estimate of drug-likeness (QED) is 0.538. The van der Waals surface area contributed by atoms with E-state index in [0.717, 1.165) is 6.42 Å². The highest BCUT2D eigenvalue weighted by atomic mass is 79.9. The molecule has 3 aromatic rings. The summed E-state index contributed by atoms with van der Waals surface area (Å²) in [5.41, 5.74) is -0.247. The van der Waals surface area contributed by atoms with E-state index in [-0.39, 0.29) is 35.8 Å². The lowest BCUT2D eigenvalue weighted by molar-refractivity contribution is -0.126. The maximum atomic E-state index is 14.1. The molecule has 1 atom stereocenters. The smallest absolute Gasteiger partial charge is 0.291 e. The van der Waals surface area contributed by atoms with Gasteiger partial charge in [0.1, 0.15) is 5.58 Å². The molecular formula is C24H21BrN2O5. The van der Waals surface area contributed by atoms with Crippen LogP contribution < -0.4 is 10.3 Å². The van der Waals surface area contributed by atoms with E-state index in [0.29, 0.717) is 33.2 Å². The summed E-state index contributed by atoms with van der Waals surface area (Å²) in [6.45, 7) is 2.81. The molecule has 0 bridgehead atoms. The number of anilines is 1. The van der Waals surface area contributed by atoms with Crippen LogP contribution in [-0.2, 0) is 15.1 Å². The van der Waals surface area contributed by atoms with Gasteiger partial charge in [0, 0.05) is 30.2 Å². The molecular weight excluding hydrogens is 476 g/mol. The van der Waals surface area contributed by atoms with E-state index in [2.05, 4.69) is 15.9 Å². The number of halogens is 1. The van der Waals surface area contributed by atoms with Crippen LogP contribution in [0.25, 0.3) is 11.0 Å². The Morgan fingerprint density at radius 1 is 1.09 bits per heavy atom. The molecule has 1 aromatic heterocycles. The molecule has 164 valence electrons. The van der Waals surface area contributed by atoms with E-state index in [4.69, 9.17) is 9.15 Å². The second-order valence-corrected chi connectivity index (χ2v) is 8.83. The molecule has 1 unspecified atom stereocenters. The first-order valence-corrected chi connectivity index (χ1v) is 11.2. The summed E-state index contributed by atoms with van der Waals surface area (Å²) in [5.74, 6) is -0.881. The van der Waals surface area contributed by atoms with Crippen molar-refractivity contribution < 1.29 is 18.7 Å². The summed E-state index contributed by atoms with van der Waals surface area (Å²) in [7, 11) is 1.53. The third-order valence-corrected chi connectivity index (χ3v) is 6.66. The van der Waals surface area contributed by atoms with Crippen molar-refractivity contribution in [2.75, 3.05) is 31.7 Å².